The number of nitrogens with zero attached hydrogens (tertiary/aromatic N) is 3. The molecule has 7 heteroatoms. The predicted molar refractivity (Wildman–Crippen MR) is 66.8 cm³/mol. The minimum atomic E-state index is -0.198. The molecule has 2 aromatic heterocycles. The van der Waals surface area contributed by atoms with Crippen LogP contribution >= 0.6 is 43.2 Å². The Hall–Kier alpha value is -0.240. The first-order valence-corrected chi connectivity index (χ1v) is 6.60. The van der Waals surface area contributed by atoms with Crippen LogP contribution in [-0.2, 0) is 7.05 Å². The normalized spacial score (nSPS) is 13.1. The smallest absolute Gasteiger partial charge is 0.153 e. The summed E-state index contributed by atoms with van der Waals surface area (Å²) in [6, 6.07) is 1.81. The van der Waals surface area contributed by atoms with E-state index >= 15 is 0 Å². The van der Waals surface area contributed by atoms with Gasteiger partial charge in [0.1, 0.15) is 0 Å². The third-order valence-corrected chi connectivity index (χ3v) is 4.36. The van der Waals surface area contributed by atoms with Crippen LogP contribution in [0, 0.1) is 0 Å². The third kappa shape index (κ3) is 2.15. The Labute approximate surface area is 108 Å². The van der Waals surface area contributed by atoms with Gasteiger partial charge in [-0.05, 0) is 37.9 Å². The zero-order valence-corrected chi connectivity index (χ0v) is 11.8. The zero-order valence-electron chi connectivity index (χ0n) is 7.82. The lowest BCUT2D eigenvalue weighted by atomic mass is 10.2. The van der Waals surface area contributed by atoms with Gasteiger partial charge in [-0.1, -0.05) is 5.21 Å². The molecule has 1 atom stereocenters. The first-order valence-electron chi connectivity index (χ1n) is 4.14. The Morgan fingerprint density at radius 3 is 2.73 bits per heavy atom. The Morgan fingerprint density at radius 1 is 1.53 bits per heavy atom. The molecule has 2 heterocycles. The number of hydrogen-bond donors (Lipinski definition) is 1. The Bertz CT molecular complexity index is 459. The van der Waals surface area contributed by atoms with Crippen molar-refractivity contribution in [2.75, 3.05) is 0 Å². The van der Waals surface area contributed by atoms with E-state index in [9.17, 15) is 0 Å². The molecule has 0 fully saturated rings. The van der Waals surface area contributed by atoms with E-state index in [0.717, 1.165) is 15.0 Å². The summed E-state index contributed by atoms with van der Waals surface area (Å²) in [5.41, 5.74) is 7.01. The molecule has 1 unspecified atom stereocenters. The van der Waals surface area contributed by atoms with Gasteiger partial charge in [-0.3, -0.25) is 0 Å². The van der Waals surface area contributed by atoms with E-state index in [1.807, 2.05) is 18.5 Å². The molecule has 0 aromatic carbocycles. The van der Waals surface area contributed by atoms with E-state index in [1.54, 1.807) is 16.0 Å². The van der Waals surface area contributed by atoms with E-state index in [1.165, 1.54) is 0 Å². The van der Waals surface area contributed by atoms with Crippen molar-refractivity contribution in [2.24, 2.45) is 12.8 Å². The van der Waals surface area contributed by atoms with Crippen LogP contribution in [0.5, 0.6) is 0 Å². The first-order chi connectivity index (χ1) is 7.09. The van der Waals surface area contributed by atoms with E-state index in [4.69, 9.17) is 5.73 Å². The molecule has 15 heavy (non-hydrogen) atoms. The Kier molecular flexibility index (Phi) is 3.24. The average molecular weight is 352 g/mol. The number of aromatic nitrogens is 3. The summed E-state index contributed by atoms with van der Waals surface area (Å²) in [5.74, 6) is 0. The van der Waals surface area contributed by atoms with Crippen molar-refractivity contribution in [1.29, 1.82) is 0 Å². The van der Waals surface area contributed by atoms with Crippen LogP contribution < -0.4 is 5.73 Å². The molecule has 0 amide bonds. The van der Waals surface area contributed by atoms with Crippen molar-refractivity contribution >= 4 is 43.2 Å². The SMILES string of the molecule is Cn1nnc(Br)c1C(N)c1cc(Br)cs1. The standard InChI is InChI=1S/C8H8Br2N4S/c1-14-7(8(10)12-13-14)6(11)5-2-4(9)3-15-5/h2-3,6H,11H2,1H3. The van der Waals surface area contributed by atoms with E-state index < -0.39 is 0 Å². The summed E-state index contributed by atoms with van der Waals surface area (Å²) >= 11 is 8.36. The molecule has 4 nitrogen and oxygen atoms in total. The first kappa shape index (κ1) is 11.3. The van der Waals surface area contributed by atoms with Crippen LogP contribution in [0.4, 0.5) is 0 Å². The summed E-state index contributed by atoms with van der Waals surface area (Å²) in [7, 11) is 1.83. The Balaban J connectivity index is 2.40. The van der Waals surface area contributed by atoms with Gasteiger partial charge in [0.15, 0.2) is 4.60 Å². The maximum atomic E-state index is 6.13. The van der Waals surface area contributed by atoms with Gasteiger partial charge in [-0.2, -0.15) is 0 Å². The van der Waals surface area contributed by atoms with Crippen molar-refractivity contribution < 1.29 is 0 Å². The van der Waals surface area contributed by atoms with Gasteiger partial charge in [-0.15, -0.1) is 16.4 Å². The highest BCUT2D eigenvalue weighted by Crippen LogP contribution is 2.30. The van der Waals surface area contributed by atoms with Gasteiger partial charge in [-0.25, -0.2) is 4.68 Å². The minimum absolute atomic E-state index is 0.198. The lowest BCUT2D eigenvalue weighted by Gasteiger charge is -2.09. The summed E-state index contributed by atoms with van der Waals surface area (Å²) in [5, 5.41) is 9.82. The van der Waals surface area contributed by atoms with Gasteiger partial charge < -0.3 is 5.73 Å². The van der Waals surface area contributed by atoms with Crippen LogP contribution in [0.25, 0.3) is 0 Å². The molecule has 0 aliphatic carbocycles. The summed E-state index contributed by atoms with van der Waals surface area (Å²) < 4.78 is 3.42. The van der Waals surface area contributed by atoms with E-state index in [2.05, 4.69) is 42.2 Å². The molecule has 2 N–H and O–H groups in total. The third-order valence-electron chi connectivity index (χ3n) is 2.02. The second kappa shape index (κ2) is 4.32. The quantitative estimate of drug-likeness (QED) is 0.904. The molecule has 0 spiro atoms. The highest BCUT2D eigenvalue weighted by Gasteiger charge is 2.19. The maximum Gasteiger partial charge on any atom is 0.153 e. The number of thiophene rings is 1. The van der Waals surface area contributed by atoms with Gasteiger partial charge >= 0.3 is 0 Å². The van der Waals surface area contributed by atoms with Gasteiger partial charge in [0.2, 0.25) is 0 Å². The molecule has 2 aromatic rings. The second-order valence-electron chi connectivity index (χ2n) is 3.03. The molecule has 0 bridgehead atoms. The molecule has 0 radical (unpaired) electrons. The number of hydrogen-bond acceptors (Lipinski definition) is 4. The molecule has 0 aliphatic rings. The summed E-state index contributed by atoms with van der Waals surface area (Å²) in [4.78, 5) is 1.08. The van der Waals surface area contributed by atoms with Crippen molar-refractivity contribution in [2.45, 2.75) is 6.04 Å². The molecule has 0 saturated carbocycles. The number of rotatable bonds is 2. The highest BCUT2D eigenvalue weighted by atomic mass is 79.9. The second-order valence-corrected chi connectivity index (χ2v) is 5.64. The topological polar surface area (TPSA) is 56.7 Å². The van der Waals surface area contributed by atoms with Crippen LogP contribution in [0.2, 0.25) is 0 Å². The van der Waals surface area contributed by atoms with Crippen LogP contribution in [-0.4, -0.2) is 15.0 Å². The average Bonchev–Trinajstić information content (AvgIpc) is 2.73. The molecule has 0 saturated heterocycles. The number of halogens is 2. The van der Waals surface area contributed by atoms with Crippen LogP contribution in [0.1, 0.15) is 16.6 Å². The van der Waals surface area contributed by atoms with Gasteiger partial charge in [0, 0.05) is 21.8 Å². The van der Waals surface area contributed by atoms with Gasteiger partial charge in [0.05, 0.1) is 11.7 Å². The fraction of sp³-hybridized carbons (Fsp3) is 0.250. The van der Waals surface area contributed by atoms with Crippen molar-refractivity contribution in [3.8, 4) is 0 Å². The zero-order chi connectivity index (χ0) is 11.0. The monoisotopic (exact) mass is 350 g/mol. The number of aryl methyl sites for hydroxylation is 1. The van der Waals surface area contributed by atoms with Crippen molar-refractivity contribution in [3.05, 3.63) is 31.1 Å². The van der Waals surface area contributed by atoms with Crippen LogP contribution in [0.3, 0.4) is 0 Å². The Morgan fingerprint density at radius 2 is 2.27 bits per heavy atom. The number of nitrogens with two attached hydrogens (primary N) is 1. The van der Waals surface area contributed by atoms with Crippen molar-refractivity contribution in [3.63, 3.8) is 0 Å². The maximum absolute atomic E-state index is 6.13. The van der Waals surface area contributed by atoms with E-state index in [0.29, 0.717) is 4.60 Å². The molecule has 80 valence electrons. The molecule has 2 rings (SSSR count). The molecular formula is C8H8Br2N4S. The highest BCUT2D eigenvalue weighted by molar-refractivity contribution is 9.10. The van der Waals surface area contributed by atoms with Crippen molar-refractivity contribution in [1.82, 2.24) is 15.0 Å². The summed E-state index contributed by atoms with van der Waals surface area (Å²) in [6.07, 6.45) is 0. The predicted octanol–water partition coefficient (Wildman–Crippen LogP) is 2.45. The fourth-order valence-corrected chi connectivity index (χ4v) is 3.32. The fourth-order valence-electron chi connectivity index (χ4n) is 1.29. The lowest BCUT2D eigenvalue weighted by Crippen LogP contribution is -2.15. The minimum Gasteiger partial charge on any atom is -0.318 e. The van der Waals surface area contributed by atoms with Gasteiger partial charge in [0.25, 0.3) is 0 Å². The van der Waals surface area contributed by atoms with Crippen LogP contribution in [0.15, 0.2) is 20.5 Å². The molecule has 0 aliphatic heterocycles. The van der Waals surface area contributed by atoms with E-state index in [-0.39, 0.29) is 6.04 Å². The molecular weight excluding hydrogens is 344 g/mol. The summed E-state index contributed by atoms with van der Waals surface area (Å²) in [6.45, 7) is 0. The largest absolute Gasteiger partial charge is 0.318 e. The lowest BCUT2D eigenvalue weighted by molar-refractivity contribution is 0.654.